The van der Waals surface area contributed by atoms with Gasteiger partial charge in [-0.3, -0.25) is 4.98 Å². The number of aromatic nitrogens is 5. The first-order valence-electron chi connectivity index (χ1n) is 13.1. The largest absolute Gasteiger partial charge is 0.486 e. The van der Waals surface area contributed by atoms with E-state index in [1.54, 1.807) is 19.4 Å². The van der Waals surface area contributed by atoms with Crippen molar-refractivity contribution in [1.29, 1.82) is 0 Å². The average molecular weight is 535 g/mol. The van der Waals surface area contributed by atoms with E-state index in [2.05, 4.69) is 33.7 Å². The van der Waals surface area contributed by atoms with Crippen LogP contribution in [0.1, 0.15) is 56.0 Å². The highest BCUT2D eigenvalue weighted by Gasteiger charge is 2.46. The smallest absolute Gasteiger partial charge is 0.434 e. The summed E-state index contributed by atoms with van der Waals surface area (Å²) in [6.45, 7) is 5.39. The lowest BCUT2D eigenvalue weighted by atomic mass is 9.70. The van der Waals surface area contributed by atoms with Crippen LogP contribution in [0.5, 0.6) is 5.75 Å². The first-order chi connectivity index (χ1) is 18.7. The third-order valence-electron chi connectivity index (χ3n) is 7.74. The maximum atomic E-state index is 13.2. The molecule has 0 N–H and O–H groups in total. The molecule has 0 atom stereocenters. The third-order valence-corrected chi connectivity index (χ3v) is 7.74. The molecule has 7 nitrogen and oxygen atoms in total. The van der Waals surface area contributed by atoms with Gasteiger partial charge in [0.05, 0.1) is 24.0 Å². The zero-order chi connectivity index (χ0) is 27.4. The minimum atomic E-state index is -4.48. The van der Waals surface area contributed by atoms with Crippen LogP contribution in [0.15, 0.2) is 55.0 Å². The predicted molar refractivity (Wildman–Crippen MR) is 141 cm³/mol. The summed E-state index contributed by atoms with van der Waals surface area (Å²) < 4.78 is 46.9. The number of pyridine rings is 1. The van der Waals surface area contributed by atoms with Gasteiger partial charge in [-0.25, -0.2) is 15.0 Å². The second-order valence-corrected chi connectivity index (χ2v) is 10.5. The zero-order valence-corrected chi connectivity index (χ0v) is 22.0. The van der Waals surface area contributed by atoms with E-state index in [-0.39, 0.29) is 17.3 Å². The van der Waals surface area contributed by atoms with Crippen LogP contribution in [0, 0.1) is 0 Å². The van der Waals surface area contributed by atoms with E-state index >= 15 is 0 Å². The van der Waals surface area contributed by atoms with Gasteiger partial charge < -0.3 is 14.2 Å². The summed E-state index contributed by atoms with van der Waals surface area (Å²) in [5.41, 5.74) is 2.40. The van der Waals surface area contributed by atoms with Gasteiger partial charge in [0.2, 0.25) is 0 Å². The molecule has 10 heteroatoms. The first kappa shape index (κ1) is 25.3. The van der Waals surface area contributed by atoms with Gasteiger partial charge >= 0.3 is 6.18 Å². The fourth-order valence-corrected chi connectivity index (χ4v) is 5.65. The van der Waals surface area contributed by atoms with Crippen LogP contribution in [-0.4, -0.2) is 37.7 Å². The lowest BCUT2D eigenvalue weighted by molar-refractivity contribution is -0.140. The maximum Gasteiger partial charge on any atom is 0.434 e. The molecule has 0 saturated heterocycles. The van der Waals surface area contributed by atoms with Crippen LogP contribution >= 0.6 is 0 Å². The molecule has 0 spiro atoms. The van der Waals surface area contributed by atoms with Gasteiger partial charge in [0.15, 0.2) is 23.1 Å². The Hall–Kier alpha value is -3.95. The molecule has 0 unspecified atom stereocenters. The minimum Gasteiger partial charge on any atom is -0.486 e. The van der Waals surface area contributed by atoms with Gasteiger partial charge in [-0.05, 0) is 42.9 Å². The van der Waals surface area contributed by atoms with Crippen molar-refractivity contribution in [3.63, 3.8) is 0 Å². The number of aryl methyl sites for hydroxylation is 1. The van der Waals surface area contributed by atoms with Crippen molar-refractivity contribution in [2.45, 2.75) is 50.7 Å². The van der Waals surface area contributed by atoms with Crippen molar-refractivity contribution in [2.24, 2.45) is 7.05 Å². The molecule has 202 valence electrons. The highest BCUT2D eigenvalue weighted by Crippen LogP contribution is 2.51. The van der Waals surface area contributed by atoms with E-state index in [4.69, 9.17) is 9.72 Å². The summed E-state index contributed by atoms with van der Waals surface area (Å²) in [4.78, 5) is 20.4. The number of rotatable bonds is 5. The Morgan fingerprint density at radius 3 is 2.44 bits per heavy atom. The molecule has 4 aromatic rings. The Balaban J connectivity index is 1.37. The Labute approximate surface area is 224 Å². The van der Waals surface area contributed by atoms with Crippen molar-refractivity contribution in [3.8, 4) is 28.5 Å². The van der Waals surface area contributed by atoms with Crippen molar-refractivity contribution in [3.05, 3.63) is 71.9 Å². The number of alkyl halides is 3. The van der Waals surface area contributed by atoms with Crippen molar-refractivity contribution in [1.82, 2.24) is 24.5 Å². The summed E-state index contributed by atoms with van der Waals surface area (Å²) in [5.74, 6) is 2.52. The Bertz CT molecular complexity index is 1510. The summed E-state index contributed by atoms with van der Waals surface area (Å²) in [5, 5.41) is 0. The van der Waals surface area contributed by atoms with E-state index in [1.165, 1.54) is 4.57 Å². The second-order valence-electron chi connectivity index (χ2n) is 10.5. The molecule has 1 saturated carbocycles. The lowest BCUT2D eigenvalue weighted by Crippen LogP contribution is -2.54. The number of fused-ring (bicyclic) bond motifs is 1. The second kappa shape index (κ2) is 9.36. The van der Waals surface area contributed by atoms with Gasteiger partial charge in [0.1, 0.15) is 12.4 Å². The topological polar surface area (TPSA) is 69.0 Å². The molecule has 4 heterocycles. The number of hydrogen-bond donors (Lipinski definition) is 0. The summed E-state index contributed by atoms with van der Waals surface area (Å²) in [6.07, 6.45) is 3.02. The van der Waals surface area contributed by atoms with E-state index in [0.717, 1.165) is 48.1 Å². The Morgan fingerprint density at radius 1 is 1.03 bits per heavy atom. The first-order valence-corrected chi connectivity index (χ1v) is 13.1. The molecule has 2 aliphatic rings. The fourth-order valence-electron chi connectivity index (χ4n) is 5.65. The van der Waals surface area contributed by atoms with Crippen LogP contribution in [0.25, 0.3) is 22.8 Å². The number of ether oxygens (including phenoxy) is 1. The van der Waals surface area contributed by atoms with Gasteiger partial charge in [-0.2, -0.15) is 13.2 Å². The summed E-state index contributed by atoms with van der Waals surface area (Å²) in [6, 6.07) is 11.6. The molecule has 1 fully saturated rings. The number of benzene rings is 1. The lowest BCUT2D eigenvalue weighted by Gasteiger charge is -2.52. The number of imidazole rings is 1. The normalized spacial score (nSPS) is 16.5. The van der Waals surface area contributed by atoms with Crippen LogP contribution < -0.4 is 9.64 Å². The van der Waals surface area contributed by atoms with Crippen LogP contribution in [-0.2, 0) is 18.8 Å². The van der Waals surface area contributed by atoms with Crippen LogP contribution in [0.2, 0.25) is 0 Å². The highest BCUT2D eigenvalue weighted by molar-refractivity contribution is 5.66. The van der Waals surface area contributed by atoms with E-state index < -0.39 is 11.9 Å². The van der Waals surface area contributed by atoms with E-state index in [9.17, 15) is 13.2 Å². The zero-order valence-electron chi connectivity index (χ0n) is 22.0. The monoisotopic (exact) mass is 534 g/mol. The van der Waals surface area contributed by atoms with Crippen molar-refractivity contribution < 1.29 is 17.9 Å². The quantitative estimate of drug-likeness (QED) is 0.297. The summed E-state index contributed by atoms with van der Waals surface area (Å²) in [7, 11) is 1.58. The average Bonchev–Trinajstić information content (AvgIpc) is 3.30. The number of nitrogens with zero attached hydrogens (tertiary/aromatic N) is 6. The number of halogens is 3. The Morgan fingerprint density at radius 2 is 1.79 bits per heavy atom. The van der Waals surface area contributed by atoms with E-state index in [0.29, 0.717) is 30.3 Å². The summed E-state index contributed by atoms with van der Waals surface area (Å²) >= 11 is 0. The van der Waals surface area contributed by atoms with Crippen LogP contribution in [0.3, 0.4) is 0 Å². The Kier molecular flexibility index (Phi) is 6.08. The van der Waals surface area contributed by atoms with Gasteiger partial charge in [-0.15, -0.1) is 0 Å². The molecule has 3 aromatic heterocycles. The van der Waals surface area contributed by atoms with Gasteiger partial charge in [-0.1, -0.05) is 38.1 Å². The predicted octanol–water partition coefficient (Wildman–Crippen LogP) is 6.36. The van der Waals surface area contributed by atoms with Gasteiger partial charge in [0.25, 0.3) is 0 Å². The molecule has 1 aliphatic carbocycles. The molecular weight excluding hydrogens is 505 g/mol. The third kappa shape index (κ3) is 4.31. The fraction of sp³-hybridized carbons (Fsp3) is 0.379. The number of hydrogen-bond acceptors (Lipinski definition) is 6. The standard InChI is InChI=1S/C29H29F3N6O/c1-18(2)24-21(6-4-13-33-24)25-34-16-22-27(36-25)38(14-15-39-22)28(11-5-12-28)20-9-7-19(8-10-20)26-35-23(17-37(26)3)29(30,31)32/h4,6-10,13,16-18H,5,11-12,14-15H2,1-3H3. The SMILES string of the molecule is CC(C)c1ncccc1-c1ncc2c(n1)N(C1(c3ccc(-c4nc(C(F)(F)F)cn4C)cc3)CCC1)CCO2. The molecule has 0 amide bonds. The molecule has 39 heavy (non-hydrogen) atoms. The van der Waals surface area contributed by atoms with Crippen molar-refractivity contribution in [2.75, 3.05) is 18.1 Å². The molecule has 0 bridgehead atoms. The maximum absolute atomic E-state index is 13.2. The van der Waals surface area contributed by atoms with Crippen LogP contribution in [0.4, 0.5) is 19.0 Å². The van der Waals surface area contributed by atoms with Crippen molar-refractivity contribution >= 4 is 5.82 Å². The molecule has 0 radical (unpaired) electrons. The van der Waals surface area contributed by atoms with E-state index in [1.807, 2.05) is 36.4 Å². The molecule has 1 aromatic carbocycles. The van der Waals surface area contributed by atoms with Gasteiger partial charge in [0, 0.05) is 30.6 Å². The molecule has 1 aliphatic heterocycles. The highest BCUT2D eigenvalue weighted by atomic mass is 19.4. The minimum absolute atomic E-state index is 0.218. The molecular formula is C29H29F3N6O. The molecule has 6 rings (SSSR count). The number of anilines is 1.